The molecule has 0 aliphatic carbocycles. The molecule has 1 heterocycles. The Hall–Kier alpha value is -1.83. The highest BCUT2D eigenvalue weighted by Crippen LogP contribution is 2.18. The number of hydrogen-bond donors (Lipinski definition) is 1. The standard InChI is InChI=1S/C13H21N5/c1-5-6-11-16-12(15-3)9-13(17-11)18(4)10(2)7-8-14/h9-10H,5-7H2,1-4H3,(H,15,16,17). The smallest absolute Gasteiger partial charge is 0.134 e. The third kappa shape index (κ3) is 3.59. The summed E-state index contributed by atoms with van der Waals surface area (Å²) in [6, 6.07) is 4.24. The van der Waals surface area contributed by atoms with E-state index in [0.29, 0.717) is 6.42 Å². The van der Waals surface area contributed by atoms with Gasteiger partial charge in [0.25, 0.3) is 0 Å². The van der Waals surface area contributed by atoms with Gasteiger partial charge in [-0.05, 0) is 13.3 Å². The molecule has 1 rings (SSSR count). The summed E-state index contributed by atoms with van der Waals surface area (Å²) in [7, 11) is 3.81. The molecule has 1 N–H and O–H groups in total. The van der Waals surface area contributed by atoms with E-state index in [4.69, 9.17) is 5.26 Å². The lowest BCUT2D eigenvalue weighted by Crippen LogP contribution is -2.29. The third-order valence-corrected chi connectivity index (χ3v) is 2.90. The molecule has 5 heteroatoms. The van der Waals surface area contributed by atoms with Crippen molar-refractivity contribution in [3.63, 3.8) is 0 Å². The summed E-state index contributed by atoms with van der Waals surface area (Å²) in [6.45, 7) is 4.13. The van der Waals surface area contributed by atoms with Crippen LogP contribution in [0.25, 0.3) is 0 Å². The van der Waals surface area contributed by atoms with Crippen molar-refractivity contribution in [3.05, 3.63) is 11.9 Å². The number of aromatic nitrogens is 2. The fourth-order valence-electron chi connectivity index (χ4n) is 1.62. The lowest BCUT2D eigenvalue weighted by Gasteiger charge is -2.24. The molecule has 0 bridgehead atoms. The van der Waals surface area contributed by atoms with Gasteiger partial charge in [-0.1, -0.05) is 6.92 Å². The summed E-state index contributed by atoms with van der Waals surface area (Å²) >= 11 is 0. The van der Waals surface area contributed by atoms with Gasteiger partial charge < -0.3 is 10.2 Å². The van der Waals surface area contributed by atoms with E-state index in [-0.39, 0.29) is 6.04 Å². The Morgan fingerprint density at radius 1 is 1.50 bits per heavy atom. The van der Waals surface area contributed by atoms with Crippen LogP contribution in [0.5, 0.6) is 0 Å². The summed E-state index contributed by atoms with van der Waals surface area (Å²) in [5.41, 5.74) is 0. The molecule has 0 aromatic carbocycles. The zero-order valence-electron chi connectivity index (χ0n) is 11.6. The Kier molecular flexibility index (Phi) is 5.37. The minimum Gasteiger partial charge on any atom is -0.373 e. The predicted octanol–water partition coefficient (Wildman–Crippen LogP) is 2.21. The lowest BCUT2D eigenvalue weighted by molar-refractivity contribution is 0.688. The highest BCUT2D eigenvalue weighted by molar-refractivity contribution is 5.49. The minimum absolute atomic E-state index is 0.143. The Morgan fingerprint density at radius 2 is 2.22 bits per heavy atom. The van der Waals surface area contributed by atoms with Crippen LogP contribution in [-0.2, 0) is 6.42 Å². The molecule has 1 aromatic rings. The fourth-order valence-corrected chi connectivity index (χ4v) is 1.62. The molecule has 0 aliphatic heterocycles. The van der Waals surface area contributed by atoms with Crippen LogP contribution in [0.3, 0.4) is 0 Å². The maximum absolute atomic E-state index is 8.75. The van der Waals surface area contributed by atoms with E-state index in [1.54, 1.807) is 0 Å². The van der Waals surface area contributed by atoms with E-state index in [0.717, 1.165) is 30.3 Å². The van der Waals surface area contributed by atoms with E-state index >= 15 is 0 Å². The number of rotatable bonds is 6. The topological polar surface area (TPSA) is 64.8 Å². The Morgan fingerprint density at radius 3 is 2.78 bits per heavy atom. The van der Waals surface area contributed by atoms with Crippen LogP contribution in [0.1, 0.15) is 32.5 Å². The van der Waals surface area contributed by atoms with Crippen molar-refractivity contribution in [3.8, 4) is 6.07 Å². The van der Waals surface area contributed by atoms with Crippen LogP contribution in [0.4, 0.5) is 11.6 Å². The van der Waals surface area contributed by atoms with E-state index in [2.05, 4.69) is 28.3 Å². The Bertz CT molecular complexity index is 424. The van der Waals surface area contributed by atoms with E-state index in [9.17, 15) is 0 Å². The van der Waals surface area contributed by atoms with Gasteiger partial charge in [0, 0.05) is 32.6 Å². The van der Waals surface area contributed by atoms with Gasteiger partial charge in [-0.3, -0.25) is 0 Å². The van der Waals surface area contributed by atoms with Gasteiger partial charge in [-0.25, -0.2) is 9.97 Å². The monoisotopic (exact) mass is 247 g/mol. The van der Waals surface area contributed by atoms with Gasteiger partial charge in [0.05, 0.1) is 12.5 Å². The van der Waals surface area contributed by atoms with E-state index in [1.807, 2.05) is 32.0 Å². The molecule has 1 aromatic heterocycles. The summed E-state index contributed by atoms with van der Waals surface area (Å²) in [4.78, 5) is 11.0. The third-order valence-electron chi connectivity index (χ3n) is 2.90. The van der Waals surface area contributed by atoms with Crippen LogP contribution >= 0.6 is 0 Å². The van der Waals surface area contributed by atoms with E-state index < -0.39 is 0 Å². The van der Waals surface area contributed by atoms with Crippen molar-refractivity contribution in [2.24, 2.45) is 0 Å². The first-order valence-electron chi connectivity index (χ1n) is 6.27. The molecule has 0 aliphatic rings. The molecule has 0 fully saturated rings. The van der Waals surface area contributed by atoms with E-state index in [1.165, 1.54) is 0 Å². The SMILES string of the molecule is CCCc1nc(NC)cc(N(C)C(C)CC#N)n1. The molecule has 0 amide bonds. The number of nitrogens with one attached hydrogen (secondary N) is 1. The predicted molar refractivity (Wildman–Crippen MR) is 73.7 cm³/mol. The van der Waals surface area contributed by atoms with Crippen LogP contribution in [-0.4, -0.2) is 30.1 Å². The normalized spacial score (nSPS) is 11.7. The lowest BCUT2D eigenvalue weighted by atomic mass is 10.2. The minimum atomic E-state index is 0.143. The van der Waals surface area contributed by atoms with Crippen molar-refractivity contribution >= 4 is 11.6 Å². The molecular formula is C13H21N5. The highest BCUT2D eigenvalue weighted by Gasteiger charge is 2.13. The number of nitrogens with zero attached hydrogens (tertiary/aromatic N) is 4. The molecular weight excluding hydrogens is 226 g/mol. The zero-order valence-corrected chi connectivity index (χ0v) is 11.6. The molecule has 1 atom stereocenters. The first-order valence-corrected chi connectivity index (χ1v) is 6.27. The maximum Gasteiger partial charge on any atom is 0.134 e. The van der Waals surface area contributed by atoms with Crippen LogP contribution in [0, 0.1) is 11.3 Å². The van der Waals surface area contributed by atoms with Gasteiger partial charge in [0.15, 0.2) is 0 Å². The molecule has 5 nitrogen and oxygen atoms in total. The van der Waals surface area contributed by atoms with Gasteiger partial charge in [0.1, 0.15) is 17.5 Å². The molecule has 0 saturated heterocycles. The first-order chi connectivity index (χ1) is 8.62. The zero-order chi connectivity index (χ0) is 13.5. The van der Waals surface area contributed by atoms with Crippen LogP contribution < -0.4 is 10.2 Å². The van der Waals surface area contributed by atoms with Crippen molar-refractivity contribution in [1.29, 1.82) is 5.26 Å². The summed E-state index contributed by atoms with van der Waals surface area (Å²) in [6.07, 6.45) is 2.37. The molecule has 0 saturated carbocycles. The Balaban J connectivity index is 2.99. The largest absolute Gasteiger partial charge is 0.373 e. The Labute approximate surface area is 109 Å². The molecule has 0 spiro atoms. The van der Waals surface area contributed by atoms with Crippen LogP contribution in [0.2, 0.25) is 0 Å². The van der Waals surface area contributed by atoms with Crippen molar-refractivity contribution in [2.75, 3.05) is 24.3 Å². The fraction of sp³-hybridized carbons (Fsp3) is 0.615. The second-order valence-electron chi connectivity index (χ2n) is 4.35. The van der Waals surface area contributed by atoms with Crippen LogP contribution in [0.15, 0.2) is 6.07 Å². The quantitative estimate of drug-likeness (QED) is 0.835. The number of nitriles is 1. The van der Waals surface area contributed by atoms with Crippen molar-refractivity contribution in [2.45, 2.75) is 39.2 Å². The van der Waals surface area contributed by atoms with Crippen molar-refractivity contribution < 1.29 is 0 Å². The number of anilines is 2. The number of aryl methyl sites for hydroxylation is 1. The van der Waals surface area contributed by atoms with Gasteiger partial charge >= 0.3 is 0 Å². The molecule has 18 heavy (non-hydrogen) atoms. The van der Waals surface area contributed by atoms with Crippen molar-refractivity contribution in [1.82, 2.24) is 9.97 Å². The summed E-state index contributed by atoms with van der Waals surface area (Å²) in [5.74, 6) is 2.52. The van der Waals surface area contributed by atoms with Gasteiger partial charge in [0.2, 0.25) is 0 Å². The second kappa shape index (κ2) is 6.80. The summed E-state index contributed by atoms with van der Waals surface area (Å²) in [5, 5.41) is 11.8. The first kappa shape index (κ1) is 14.2. The molecule has 98 valence electrons. The summed E-state index contributed by atoms with van der Waals surface area (Å²) < 4.78 is 0. The highest BCUT2D eigenvalue weighted by atomic mass is 15.2. The average molecular weight is 247 g/mol. The molecule has 1 unspecified atom stereocenters. The maximum atomic E-state index is 8.75. The van der Waals surface area contributed by atoms with Gasteiger partial charge in [-0.2, -0.15) is 5.26 Å². The van der Waals surface area contributed by atoms with Gasteiger partial charge in [-0.15, -0.1) is 0 Å². The average Bonchev–Trinajstić information content (AvgIpc) is 2.38. The molecule has 0 radical (unpaired) electrons. The second-order valence-corrected chi connectivity index (χ2v) is 4.35. The number of hydrogen-bond acceptors (Lipinski definition) is 5.